The summed E-state index contributed by atoms with van der Waals surface area (Å²) in [6.07, 6.45) is 2.30. The molecule has 0 bridgehead atoms. The number of carbonyl (C=O) groups is 1. The maximum absolute atomic E-state index is 12.1. The molecule has 2 fully saturated rings. The maximum Gasteiger partial charge on any atom is 0.317 e. The predicted molar refractivity (Wildman–Crippen MR) is 79.3 cm³/mol. The zero-order valence-corrected chi connectivity index (χ0v) is 13.1. The van der Waals surface area contributed by atoms with Crippen molar-refractivity contribution in [1.82, 2.24) is 20.0 Å². The molecular formula is C15H24N4O2. The number of carbonyl (C=O) groups excluding carboxylic acids is 1. The second kappa shape index (κ2) is 5.33. The average molecular weight is 292 g/mol. The number of aromatic nitrogens is 2. The maximum atomic E-state index is 12.1. The van der Waals surface area contributed by atoms with Gasteiger partial charge in [0, 0.05) is 37.9 Å². The first-order valence-corrected chi connectivity index (χ1v) is 7.57. The van der Waals surface area contributed by atoms with E-state index in [-0.39, 0.29) is 11.4 Å². The van der Waals surface area contributed by atoms with Gasteiger partial charge in [0.15, 0.2) is 0 Å². The van der Waals surface area contributed by atoms with Crippen LogP contribution in [0.5, 0.6) is 0 Å². The third-order valence-electron chi connectivity index (χ3n) is 4.56. The lowest BCUT2D eigenvalue weighted by Gasteiger charge is -2.39. The Morgan fingerprint density at radius 2 is 2.19 bits per heavy atom. The van der Waals surface area contributed by atoms with Gasteiger partial charge in [0.2, 0.25) is 0 Å². The van der Waals surface area contributed by atoms with Crippen LogP contribution in [0.1, 0.15) is 30.3 Å². The van der Waals surface area contributed by atoms with E-state index in [9.17, 15) is 4.79 Å². The number of nitrogens with one attached hydrogen (secondary N) is 1. The standard InChI is InChI=1S/C15H24N4O2/c1-11-6-12(2)19(17-11)13-7-18(8-13)14(20)16-9-15(4-5-15)10-21-3/h6,13H,4-5,7-10H2,1-3H3,(H,16,20). The van der Waals surface area contributed by atoms with E-state index >= 15 is 0 Å². The summed E-state index contributed by atoms with van der Waals surface area (Å²) < 4.78 is 7.25. The summed E-state index contributed by atoms with van der Waals surface area (Å²) in [7, 11) is 1.72. The molecule has 1 N–H and O–H groups in total. The lowest BCUT2D eigenvalue weighted by Crippen LogP contribution is -2.55. The minimum absolute atomic E-state index is 0.0372. The molecule has 1 aromatic rings. The number of ether oxygens (including phenoxy) is 1. The molecule has 1 aromatic heterocycles. The number of methoxy groups -OCH3 is 1. The number of hydrogen-bond acceptors (Lipinski definition) is 3. The molecular weight excluding hydrogens is 268 g/mol. The Bertz CT molecular complexity index is 530. The van der Waals surface area contributed by atoms with Gasteiger partial charge in [-0.1, -0.05) is 0 Å². The van der Waals surface area contributed by atoms with E-state index in [4.69, 9.17) is 4.74 Å². The first-order valence-electron chi connectivity index (χ1n) is 7.57. The topological polar surface area (TPSA) is 59.4 Å². The second-order valence-electron chi connectivity index (χ2n) is 6.52. The lowest BCUT2D eigenvalue weighted by atomic mass is 10.1. The normalized spacial score (nSPS) is 20.2. The Labute approximate surface area is 125 Å². The molecule has 1 saturated carbocycles. The van der Waals surface area contributed by atoms with Crippen LogP contribution >= 0.6 is 0 Å². The van der Waals surface area contributed by atoms with E-state index in [0.717, 1.165) is 50.5 Å². The van der Waals surface area contributed by atoms with Gasteiger partial charge in [0.1, 0.15) is 0 Å². The second-order valence-corrected chi connectivity index (χ2v) is 6.52. The molecule has 21 heavy (non-hydrogen) atoms. The molecule has 2 amide bonds. The molecule has 2 aliphatic rings. The van der Waals surface area contributed by atoms with Crippen LogP contribution in [0.25, 0.3) is 0 Å². The number of rotatable bonds is 5. The number of likely N-dealkylation sites (tertiary alicyclic amines) is 1. The molecule has 0 atom stereocenters. The first kappa shape index (κ1) is 14.4. The fourth-order valence-corrected chi connectivity index (χ4v) is 3.02. The van der Waals surface area contributed by atoms with E-state index in [1.165, 1.54) is 0 Å². The summed E-state index contributed by atoms with van der Waals surface area (Å²) in [5.41, 5.74) is 2.39. The van der Waals surface area contributed by atoms with Gasteiger partial charge in [-0.15, -0.1) is 0 Å². The van der Waals surface area contributed by atoms with E-state index in [2.05, 4.69) is 23.4 Å². The van der Waals surface area contributed by atoms with Gasteiger partial charge in [-0.25, -0.2) is 4.79 Å². The Hall–Kier alpha value is -1.56. The van der Waals surface area contributed by atoms with Gasteiger partial charge in [-0.05, 0) is 32.8 Å². The largest absolute Gasteiger partial charge is 0.384 e. The van der Waals surface area contributed by atoms with Crippen LogP contribution in [0.3, 0.4) is 0 Å². The minimum Gasteiger partial charge on any atom is -0.384 e. The fourth-order valence-electron chi connectivity index (χ4n) is 3.02. The monoisotopic (exact) mass is 292 g/mol. The van der Waals surface area contributed by atoms with E-state index in [1.54, 1.807) is 7.11 Å². The zero-order chi connectivity index (χ0) is 15.0. The van der Waals surface area contributed by atoms with Crippen molar-refractivity contribution in [3.05, 3.63) is 17.5 Å². The molecule has 6 nitrogen and oxygen atoms in total. The summed E-state index contributed by atoms with van der Waals surface area (Å²) in [6, 6.07) is 2.43. The Kier molecular flexibility index (Phi) is 3.65. The van der Waals surface area contributed by atoms with Crippen LogP contribution < -0.4 is 5.32 Å². The van der Waals surface area contributed by atoms with E-state index in [0.29, 0.717) is 6.04 Å². The summed E-state index contributed by atoms with van der Waals surface area (Å²) in [5.74, 6) is 0. The van der Waals surface area contributed by atoms with Crippen molar-refractivity contribution >= 4 is 6.03 Å². The quantitative estimate of drug-likeness (QED) is 0.894. The Morgan fingerprint density at radius 3 is 2.71 bits per heavy atom. The number of nitrogens with zero attached hydrogens (tertiary/aromatic N) is 3. The van der Waals surface area contributed by atoms with Crippen LogP contribution in [0.15, 0.2) is 6.07 Å². The van der Waals surface area contributed by atoms with Crippen molar-refractivity contribution in [3.8, 4) is 0 Å². The minimum atomic E-state index is 0.0372. The van der Waals surface area contributed by atoms with Crippen molar-refractivity contribution in [2.45, 2.75) is 32.7 Å². The third-order valence-corrected chi connectivity index (χ3v) is 4.56. The van der Waals surface area contributed by atoms with Crippen molar-refractivity contribution < 1.29 is 9.53 Å². The molecule has 2 heterocycles. The number of hydrogen-bond donors (Lipinski definition) is 1. The summed E-state index contributed by atoms with van der Waals surface area (Å²) >= 11 is 0. The summed E-state index contributed by atoms with van der Waals surface area (Å²) in [4.78, 5) is 14.0. The third kappa shape index (κ3) is 2.90. The number of urea groups is 1. The van der Waals surface area contributed by atoms with Gasteiger partial charge in [-0.2, -0.15) is 5.10 Å². The van der Waals surface area contributed by atoms with Crippen LogP contribution in [-0.4, -0.2) is 54.1 Å². The van der Waals surface area contributed by atoms with Crippen molar-refractivity contribution in [1.29, 1.82) is 0 Å². The van der Waals surface area contributed by atoms with Gasteiger partial charge < -0.3 is 15.0 Å². The highest BCUT2D eigenvalue weighted by molar-refractivity contribution is 5.75. The van der Waals surface area contributed by atoms with Crippen molar-refractivity contribution in [3.63, 3.8) is 0 Å². The summed E-state index contributed by atoms with van der Waals surface area (Å²) in [5, 5.41) is 7.53. The first-order chi connectivity index (χ1) is 10.0. The molecule has 0 aromatic carbocycles. The average Bonchev–Trinajstić information content (AvgIpc) is 3.06. The van der Waals surface area contributed by atoms with Gasteiger partial charge in [0.25, 0.3) is 0 Å². The van der Waals surface area contributed by atoms with Crippen molar-refractivity contribution in [2.75, 3.05) is 33.4 Å². The molecule has 0 radical (unpaired) electrons. The van der Waals surface area contributed by atoms with E-state index in [1.807, 2.05) is 16.5 Å². The highest BCUT2D eigenvalue weighted by atomic mass is 16.5. The number of aryl methyl sites for hydroxylation is 2. The number of amides is 2. The highest BCUT2D eigenvalue weighted by Gasteiger charge is 2.43. The molecule has 3 rings (SSSR count). The highest BCUT2D eigenvalue weighted by Crippen LogP contribution is 2.45. The van der Waals surface area contributed by atoms with Gasteiger partial charge in [0.05, 0.1) is 18.3 Å². The van der Waals surface area contributed by atoms with Crippen LogP contribution in [0.4, 0.5) is 4.79 Å². The molecule has 0 unspecified atom stereocenters. The van der Waals surface area contributed by atoms with Crippen molar-refractivity contribution in [2.24, 2.45) is 5.41 Å². The zero-order valence-electron chi connectivity index (χ0n) is 13.1. The van der Waals surface area contributed by atoms with E-state index < -0.39 is 0 Å². The molecule has 6 heteroatoms. The molecule has 1 saturated heterocycles. The lowest BCUT2D eigenvalue weighted by molar-refractivity contribution is 0.110. The SMILES string of the molecule is COCC1(CNC(=O)N2CC(n3nc(C)cc3C)C2)CC1. The smallest absolute Gasteiger partial charge is 0.317 e. The molecule has 1 aliphatic carbocycles. The predicted octanol–water partition coefficient (Wildman–Crippen LogP) is 1.49. The molecule has 116 valence electrons. The van der Waals surface area contributed by atoms with Crippen LogP contribution in [0.2, 0.25) is 0 Å². The molecule has 0 spiro atoms. The van der Waals surface area contributed by atoms with Gasteiger partial charge >= 0.3 is 6.03 Å². The van der Waals surface area contributed by atoms with Crippen LogP contribution in [-0.2, 0) is 4.74 Å². The Morgan fingerprint density at radius 1 is 1.48 bits per heavy atom. The van der Waals surface area contributed by atoms with Crippen LogP contribution in [0, 0.1) is 19.3 Å². The fraction of sp³-hybridized carbons (Fsp3) is 0.733. The molecule has 1 aliphatic heterocycles. The summed E-state index contributed by atoms with van der Waals surface area (Å²) in [6.45, 7) is 7.00. The van der Waals surface area contributed by atoms with Gasteiger partial charge in [-0.3, -0.25) is 4.68 Å². The Balaban J connectivity index is 1.45.